The number of hydrogen-bond acceptors (Lipinski definition) is 5. The van der Waals surface area contributed by atoms with Crippen molar-refractivity contribution in [2.75, 3.05) is 18.4 Å². The fourth-order valence-electron chi connectivity index (χ4n) is 4.22. The molecule has 1 unspecified atom stereocenters. The Morgan fingerprint density at radius 3 is 2.62 bits per heavy atom. The van der Waals surface area contributed by atoms with Crippen molar-refractivity contribution < 1.29 is 9.63 Å². The third kappa shape index (κ3) is 4.39. The van der Waals surface area contributed by atoms with Gasteiger partial charge < -0.3 is 15.1 Å². The number of benzene rings is 2. The fraction of sp³-hybridized carbons (Fsp3) is 0.320. The number of aromatic nitrogens is 1. The van der Waals surface area contributed by atoms with Gasteiger partial charge in [-0.05, 0) is 37.0 Å². The van der Waals surface area contributed by atoms with Crippen molar-refractivity contribution in [3.05, 3.63) is 81.8 Å². The first kappa shape index (κ1) is 20.7. The average molecular weight is 447 g/mol. The van der Waals surface area contributed by atoms with E-state index in [-0.39, 0.29) is 12.1 Å². The van der Waals surface area contributed by atoms with Crippen LogP contribution in [0.2, 0.25) is 0 Å². The number of hydrogen-bond donors (Lipinski definition) is 1. The van der Waals surface area contributed by atoms with Gasteiger partial charge in [0.05, 0.1) is 10.7 Å². The lowest BCUT2D eigenvalue weighted by Gasteiger charge is -2.31. The molecule has 7 heteroatoms. The molecule has 5 rings (SSSR count). The zero-order valence-corrected chi connectivity index (χ0v) is 18.8. The summed E-state index contributed by atoms with van der Waals surface area (Å²) in [5.41, 5.74) is 4.91. The van der Waals surface area contributed by atoms with Gasteiger partial charge >= 0.3 is 6.03 Å². The standard InChI is InChI=1S/C25H26N4O2S/c1-17-7-5-6-10-20(17)27-25(30)29-13-11-19(12-14-29)24-26-22(16-32-24)21-15-23(31-28-21)18-8-3-2-4-9-18/h2-10,16,19,23H,11-15H2,1H3,(H,27,30). The van der Waals surface area contributed by atoms with E-state index < -0.39 is 0 Å². The zero-order valence-electron chi connectivity index (χ0n) is 18.0. The second kappa shape index (κ2) is 9.12. The second-order valence-electron chi connectivity index (χ2n) is 8.32. The monoisotopic (exact) mass is 446 g/mol. The first-order chi connectivity index (χ1) is 15.7. The lowest BCUT2D eigenvalue weighted by Crippen LogP contribution is -2.40. The molecule has 2 aromatic carbocycles. The smallest absolute Gasteiger partial charge is 0.321 e. The Labute approximate surface area is 191 Å². The molecule has 1 aromatic heterocycles. The van der Waals surface area contributed by atoms with Crippen LogP contribution in [0, 0.1) is 6.92 Å². The van der Waals surface area contributed by atoms with Crippen LogP contribution in [0.5, 0.6) is 0 Å². The van der Waals surface area contributed by atoms with E-state index in [0.717, 1.165) is 65.6 Å². The number of nitrogens with zero attached hydrogens (tertiary/aromatic N) is 3. The largest absolute Gasteiger partial charge is 0.387 e. The molecular formula is C25H26N4O2S. The molecule has 2 aliphatic heterocycles. The normalized spacial score (nSPS) is 18.8. The van der Waals surface area contributed by atoms with Crippen molar-refractivity contribution in [3.8, 4) is 0 Å². The van der Waals surface area contributed by atoms with E-state index in [4.69, 9.17) is 9.82 Å². The van der Waals surface area contributed by atoms with E-state index in [1.807, 2.05) is 54.3 Å². The number of urea groups is 1. The number of anilines is 1. The molecule has 32 heavy (non-hydrogen) atoms. The Morgan fingerprint density at radius 1 is 1.09 bits per heavy atom. The van der Waals surface area contributed by atoms with Crippen molar-refractivity contribution in [3.63, 3.8) is 0 Å². The molecule has 2 amide bonds. The number of oxime groups is 1. The molecule has 6 nitrogen and oxygen atoms in total. The van der Waals surface area contributed by atoms with Gasteiger partial charge in [0.25, 0.3) is 0 Å². The van der Waals surface area contributed by atoms with Gasteiger partial charge in [0, 0.05) is 36.5 Å². The number of nitrogens with one attached hydrogen (secondary N) is 1. The molecule has 1 atom stereocenters. The highest BCUT2D eigenvalue weighted by Gasteiger charge is 2.29. The van der Waals surface area contributed by atoms with Gasteiger partial charge in [0.15, 0.2) is 6.10 Å². The maximum atomic E-state index is 12.7. The summed E-state index contributed by atoms with van der Waals surface area (Å²) in [6.45, 7) is 3.47. The summed E-state index contributed by atoms with van der Waals surface area (Å²) < 4.78 is 0. The summed E-state index contributed by atoms with van der Waals surface area (Å²) in [4.78, 5) is 25.1. The summed E-state index contributed by atoms with van der Waals surface area (Å²) in [5.74, 6) is 0.379. The van der Waals surface area contributed by atoms with Crippen molar-refractivity contribution in [2.24, 2.45) is 5.16 Å². The first-order valence-electron chi connectivity index (χ1n) is 11.0. The summed E-state index contributed by atoms with van der Waals surface area (Å²) in [5, 5.41) is 10.6. The second-order valence-corrected chi connectivity index (χ2v) is 9.21. The summed E-state index contributed by atoms with van der Waals surface area (Å²) in [6.07, 6.45) is 2.55. The molecule has 2 aliphatic rings. The van der Waals surface area contributed by atoms with Crippen LogP contribution in [0.15, 0.2) is 65.1 Å². The maximum absolute atomic E-state index is 12.7. The van der Waals surface area contributed by atoms with Crippen LogP contribution in [-0.4, -0.2) is 34.7 Å². The summed E-state index contributed by atoms with van der Waals surface area (Å²) in [6, 6.07) is 18.0. The summed E-state index contributed by atoms with van der Waals surface area (Å²) >= 11 is 1.69. The number of amides is 2. The fourth-order valence-corrected chi connectivity index (χ4v) is 5.22. The number of para-hydroxylation sites is 1. The van der Waals surface area contributed by atoms with Crippen LogP contribution < -0.4 is 5.32 Å². The molecule has 0 bridgehead atoms. The lowest BCUT2D eigenvalue weighted by atomic mass is 9.97. The van der Waals surface area contributed by atoms with Gasteiger partial charge in [-0.2, -0.15) is 0 Å². The Hall–Kier alpha value is -3.19. The van der Waals surface area contributed by atoms with Crippen molar-refractivity contribution >= 4 is 28.8 Å². The van der Waals surface area contributed by atoms with Gasteiger partial charge in [0.1, 0.15) is 5.71 Å². The highest BCUT2D eigenvalue weighted by atomic mass is 32.1. The quantitative estimate of drug-likeness (QED) is 0.557. The van der Waals surface area contributed by atoms with Crippen LogP contribution in [0.4, 0.5) is 10.5 Å². The van der Waals surface area contributed by atoms with E-state index in [0.29, 0.717) is 5.92 Å². The molecule has 3 aromatic rings. The number of carbonyl (C=O) groups is 1. The molecule has 1 N–H and O–H groups in total. The number of rotatable bonds is 4. The minimum Gasteiger partial charge on any atom is -0.387 e. The maximum Gasteiger partial charge on any atom is 0.321 e. The van der Waals surface area contributed by atoms with Crippen molar-refractivity contribution in [2.45, 2.75) is 38.2 Å². The number of aryl methyl sites for hydroxylation is 1. The summed E-state index contributed by atoms with van der Waals surface area (Å²) in [7, 11) is 0. The van der Waals surface area contributed by atoms with E-state index in [1.54, 1.807) is 11.3 Å². The number of piperidine rings is 1. The van der Waals surface area contributed by atoms with Gasteiger partial charge in [-0.15, -0.1) is 11.3 Å². The van der Waals surface area contributed by atoms with Gasteiger partial charge in [0.2, 0.25) is 0 Å². The topological polar surface area (TPSA) is 66.8 Å². The minimum absolute atomic E-state index is 0.0259. The third-order valence-corrected chi connectivity index (χ3v) is 7.18. The van der Waals surface area contributed by atoms with E-state index in [9.17, 15) is 4.79 Å². The Morgan fingerprint density at radius 2 is 1.84 bits per heavy atom. The zero-order chi connectivity index (χ0) is 21.9. The Kier molecular flexibility index (Phi) is 5.90. The van der Waals surface area contributed by atoms with Gasteiger partial charge in [-0.3, -0.25) is 0 Å². The van der Waals surface area contributed by atoms with Crippen molar-refractivity contribution in [1.29, 1.82) is 0 Å². The predicted octanol–water partition coefficient (Wildman–Crippen LogP) is 5.73. The highest BCUT2D eigenvalue weighted by molar-refractivity contribution is 7.10. The molecular weight excluding hydrogens is 420 g/mol. The molecule has 0 spiro atoms. The number of likely N-dealkylation sites (tertiary alicyclic amines) is 1. The van der Waals surface area contributed by atoms with Gasteiger partial charge in [-0.1, -0.05) is 53.7 Å². The van der Waals surface area contributed by atoms with E-state index in [1.165, 1.54) is 0 Å². The SMILES string of the molecule is Cc1ccccc1NC(=O)N1CCC(c2nc(C3=NOC(c4ccccc4)C3)cs2)CC1. The Bertz CT molecular complexity index is 1120. The minimum atomic E-state index is -0.0358. The van der Waals surface area contributed by atoms with Crippen LogP contribution in [0.1, 0.15) is 53.1 Å². The molecule has 1 saturated heterocycles. The molecule has 0 aliphatic carbocycles. The van der Waals surface area contributed by atoms with Crippen LogP contribution in [0.25, 0.3) is 0 Å². The first-order valence-corrected chi connectivity index (χ1v) is 11.9. The van der Waals surface area contributed by atoms with Crippen LogP contribution in [0.3, 0.4) is 0 Å². The average Bonchev–Trinajstić information content (AvgIpc) is 3.51. The third-order valence-electron chi connectivity index (χ3n) is 6.18. The molecule has 1 fully saturated rings. The predicted molar refractivity (Wildman–Crippen MR) is 127 cm³/mol. The number of thiazole rings is 1. The Balaban J connectivity index is 1.16. The molecule has 3 heterocycles. The van der Waals surface area contributed by atoms with Gasteiger partial charge in [-0.25, -0.2) is 9.78 Å². The lowest BCUT2D eigenvalue weighted by molar-refractivity contribution is 0.0857. The molecule has 0 saturated carbocycles. The highest BCUT2D eigenvalue weighted by Crippen LogP contribution is 2.33. The van der Waals surface area contributed by atoms with Crippen LogP contribution >= 0.6 is 11.3 Å². The van der Waals surface area contributed by atoms with E-state index in [2.05, 4.69) is 28.0 Å². The van der Waals surface area contributed by atoms with Crippen molar-refractivity contribution in [1.82, 2.24) is 9.88 Å². The molecule has 164 valence electrons. The number of carbonyl (C=O) groups excluding carboxylic acids is 1. The van der Waals surface area contributed by atoms with Crippen LogP contribution in [-0.2, 0) is 4.84 Å². The van der Waals surface area contributed by atoms with E-state index >= 15 is 0 Å². The molecule has 0 radical (unpaired) electrons.